The Balaban J connectivity index is 1.50. The highest BCUT2D eigenvalue weighted by Crippen LogP contribution is 2.55. The van der Waals surface area contributed by atoms with Gasteiger partial charge < -0.3 is 10.6 Å². The van der Waals surface area contributed by atoms with E-state index < -0.39 is 0 Å². The van der Waals surface area contributed by atoms with Gasteiger partial charge in [-0.15, -0.1) is 0 Å². The van der Waals surface area contributed by atoms with E-state index in [9.17, 15) is 0 Å². The van der Waals surface area contributed by atoms with E-state index >= 15 is 0 Å². The van der Waals surface area contributed by atoms with Crippen LogP contribution in [0.25, 0.3) is 0 Å². The summed E-state index contributed by atoms with van der Waals surface area (Å²) in [5, 5.41) is 8.04. The standard InChI is InChI=1S/C20H35N3/c1-3-9-21-18(8-1)20-13-16(12-15-6-5-10-22-19(15)20)17-7-2-4-11-23(17)14-20/h15-19,21-22H,1-14H2/t15-,16+,17+,18?,19-,20+/m1/s1. The summed E-state index contributed by atoms with van der Waals surface area (Å²) in [5.74, 6) is 1.96. The molecule has 4 saturated heterocycles. The number of piperidine rings is 4. The van der Waals surface area contributed by atoms with Crippen molar-refractivity contribution in [3.05, 3.63) is 0 Å². The third kappa shape index (κ3) is 2.41. The molecule has 0 aromatic carbocycles. The fourth-order valence-electron chi connectivity index (χ4n) is 7.36. The molecule has 5 aliphatic rings. The molecule has 0 radical (unpaired) electrons. The van der Waals surface area contributed by atoms with Crippen LogP contribution in [0.15, 0.2) is 0 Å². The van der Waals surface area contributed by atoms with Gasteiger partial charge in [-0.2, -0.15) is 0 Å². The van der Waals surface area contributed by atoms with E-state index in [0.29, 0.717) is 5.41 Å². The summed E-state index contributed by atoms with van der Waals surface area (Å²) >= 11 is 0. The molecule has 5 rings (SSSR count). The topological polar surface area (TPSA) is 27.3 Å². The second-order valence-corrected chi connectivity index (χ2v) is 9.30. The van der Waals surface area contributed by atoms with Crippen LogP contribution in [0.5, 0.6) is 0 Å². The molecule has 130 valence electrons. The van der Waals surface area contributed by atoms with Crippen LogP contribution < -0.4 is 10.6 Å². The number of hydrogen-bond donors (Lipinski definition) is 2. The van der Waals surface area contributed by atoms with Crippen molar-refractivity contribution in [1.29, 1.82) is 0 Å². The molecule has 4 aliphatic heterocycles. The molecule has 0 amide bonds. The van der Waals surface area contributed by atoms with E-state index in [2.05, 4.69) is 15.5 Å². The normalized spacial score (nSPS) is 50.9. The van der Waals surface area contributed by atoms with E-state index in [1.807, 2.05) is 0 Å². The van der Waals surface area contributed by atoms with E-state index in [-0.39, 0.29) is 0 Å². The Labute approximate surface area is 142 Å². The molecule has 2 bridgehead atoms. The van der Waals surface area contributed by atoms with Gasteiger partial charge in [0.25, 0.3) is 0 Å². The van der Waals surface area contributed by atoms with Gasteiger partial charge in [0.05, 0.1) is 0 Å². The molecule has 4 heterocycles. The largest absolute Gasteiger partial charge is 0.313 e. The predicted molar refractivity (Wildman–Crippen MR) is 94.5 cm³/mol. The Hall–Kier alpha value is -0.120. The van der Waals surface area contributed by atoms with Crippen molar-refractivity contribution in [2.45, 2.75) is 82.3 Å². The highest BCUT2D eigenvalue weighted by atomic mass is 15.2. The quantitative estimate of drug-likeness (QED) is 0.779. The lowest BCUT2D eigenvalue weighted by atomic mass is 9.52. The minimum absolute atomic E-state index is 0.530. The SMILES string of the molecule is C1CCC([C@@]23C[C@H](C[C@H]4CCCN[C@H]42)[C@@H]2CCCCN2C3)NC1. The van der Waals surface area contributed by atoms with Crippen LogP contribution in [-0.2, 0) is 0 Å². The number of hydrogen-bond acceptors (Lipinski definition) is 3. The van der Waals surface area contributed by atoms with Gasteiger partial charge in [-0.05, 0) is 82.8 Å². The first-order valence-electron chi connectivity index (χ1n) is 10.6. The third-order valence-electron chi connectivity index (χ3n) is 8.16. The van der Waals surface area contributed by atoms with E-state index in [4.69, 9.17) is 0 Å². The number of rotatable bonds is 1. The maximum atomic E-state index is 4.04. The summed E-state index contributed by atoms with van der Waals surface area (Å²) in [5.41, 5.74) is 0.530. The summed E-state index contributed by atoms with van der Waals surface area (Å²) < 4.78 is 0. The summed E-state index contributed by atoms with van der Waals surface area (Å²) in [7, 11) is 0. The highest BCUT2D eigenvalue weighted by molar-refractivity contribution is 5.14. The first-order valence-corrected chi connectivity index (χ1v) is 10.6. The molecule has 1 unspecified atom stereocenters. The summed E-state index contributed by atoms with van der Waals surface area (Å²) in [4.78, 5) is 2.94. The molecule has 0 spiro atoms. The van der Waals surface area contributed by atoms with Gasteiger partial charge in [0.2, 0.25) is 0 Å². The van der Waals surface area contributed by atoms with Gasteiger partial charge in [-0.1, -0.05) is 12.8 Å². The van der Waals surface area contributed by atoms with E-state index in [1.165, 1.54) is 90.4 Å². The molecule has 2 N–H and O–H groups in total. The molecule has 0 aromatic rings. The molecule has 3 heteroatoms. The minimum Gasteiger partial charge on any atom is -0.313 e. The zero-order valence-electron chi connectivity index (χ0n) is 14.7. The van der Waals surface area contributed by atoms with Crippen LogP contribution >= 0.6 is 0 Å². The molecule has 0 aromatic heterocycles. The molecular formula is C20H35N3. The zero-order chi connectivity index (χ0) is 15.3. The summed E-state index contributed by atoms with van der Waals surface area (Å²) in [6, 6.07) is 2.51. The molecular weight excluding hydrogens is 282 g/mol. The first-order chi connectivity index (χ1) is 11.4. The number of fused-ring (bicyclic) bond motifs is 6. The maximum Gasteiger partial charge on any atom is 0.0179 e. The fraction of sp³-hybridized carbons (Fsp3) is 1.00. The monoisotopic (exact) mass is 317 g/mol. The Morgan fingerprint density at radius 1 is 0.826 bits per heavy atom. The van der Waals surface area contributed by atoms with Gasteiger partial charge in [-0.3, -0.25) is 4.90 Å². The minimum atomic E-state index is 0.530. The highest BCUT2D eigenvalue weighted by Gasteiger charge is 2.58. The van der Waals surface area contributed by atoms with Crippen molar-refractivity contribution in [3.8, 4) is 0 Å². The first kappa shape index (κ1) is 15.2. The maximum absolute atomic E-state index is 4.04. The van der Waals surface area contributed by atoms with Crippen LogP contribution in [0.2, 0.25) is 0 Å². The third-order valence-corrected chi connectivity index (χ3v) is 8.16. The van der Waals surface area contributed by atoms with Crippen LogP contribution in [0.4, 0.5) is 0 Å². The molecule has 1 aliphatic carbocycles. The zero-order valence-corrected chi connectivity index (χ0v) is 14.7. The molecule has 23 heavy (non-hydrogen) atoms. The molecule has 1 saturated carbocycles. The summed E-state index contributed by atoms with van der Waals surface area (Å²) in [6.45, 7) is 5.30. The van der Waals surface area contributed by atoms with Crippen molar-refractivity contribution < 1.29 is 0 Å². The number of nitrogens with zero attached hydrogens (tertiary/aromatic N) is 1. The average Bonchev–Trinajstić information content (AvgIpc) is 2.63. The molecule has 3 nitrogen and oxygen atoms in total. The van der Waals surface area contributed by atoms with Crippen LogP contribution in [0, 0.1) is 17.3 Å². The van der Waals surface area contributed by atoms with Crippen molar-refractivity contribution in [1.82, 2.24) is 15.5 Å². The van der Waals surface area contributed by atoms with Crippen molar-refractivity contribution >= 4 is 0 Å². The number of nitrogens with one attached hydrogen (secondary N) is 2. The Bertz CT molecular complexity index is 431. The van der Waals surface area contributed by atoms with Crippen LogP contribution in [-0.4, -0.2) is 49.2 Å². The van der Waals surface area contributed by atoms with Crippen molar-refractivity contribution in [2.75, 3.05) is 26.2 Å². The smallest absolute Gasteiger partial charge is 0.0179 e. The summed E-state index contributed by atoms with van der Waals surface area (Å²) in [6.07, 6.45) is 14.6. The Kier molecular flexibility index (Phi) is 3.95. The van der Waals surface area contributed by atoms with E-state index in [1.54, 1.807) is 0 Å². The molecule has 6 atom stereocenters. The van der Waals surface area contributed by atoms with Gasteiger partial charge in [0.15, 0.2) is 0 Å². The van der Waals surface area contributed by atoms with Crippen molar-refractivity contribution in [3.63, 3.8) is 0 Å². The Morgan fingerprint density at radius 2 is 1.74 bits per heavy atom. The van der Waals surface area contributed by atoms with Crippen molar-refractivity contribution in [2.24, 2.45) is 17.3 Å². The van der Waals surface area contributed by atoms with Gasteiger partial charge in [0.1, 0.15) is 0 Å². The Morgan fingerprint density at radius 3 is 2.65 bits per heavy atom. The fourth-order valence-corrected chi connectivity index (χ4v) is 7.36. The molecule has 5 fully saturated rings. The lowest BCUT2D eigenvalue weighted by Gasteiger charge is -2.64. The van der Waals surface area contributed by atoms with Gasteiger partial charge >= 0.3 is 0 Å². The van der Waals surface area contributed by atoms with Gasteiger partial charge in [-0.25, -0.2) is 0 Å². The van der Waals surface area contributed by atoms with Crippen LogP contribution in [0.1, 0.15) is 64.2 Å². The van der Waals surface area contributed by atoms with Crippen LogP contribution in [0.3, 0.4) is 0 Å². The van der Waals surface area contributed by atoms with E-state index in [0.717, 1.165) is 30.0 Å². The van der Waals surface area contributed by atoms with Gasteiger partial charge in [0, 0.05) is 30.1 Å². The predicted octanol–water partition coefficient (Wildman–Crippen LogP) is 2.76. The average molecular weight is 318 g/mol. The second kappa shape index (κ2) is 6.00. The second-order valence-electron chi connectivity index (χ2n) is 9.30. The lowest BCUT2D eigenvalue weighted by molar-refractivity contribution is -0.117. The lowest BCUT2D eigenvalue weighted by Crippen LogP contribution is -2.72.